The number of H-pyrrole nitrogens is 1. The van der Waals surface area contributed by atoms with Crippen molar-refractivity contribution in [1.29, 1.82) is 0 Å². The summed E-state index contributed by atoms with van der Waals surface area (Å²) in [5.74, 6) is 0.589. The first-order valence-electron chi connectivity index (χ1n) is 9.21. The van der Waals surface area contributed by atoms with Crippen LogP contribution in [0, 0.1) is 6.92 Å². The molecule has 0 saturated carbocycles. The van der Waals surface area contributed by atoms with Crippen molar-refractivity contribution < 1.29 is 4.79 Å². The maximum atomic E-state index is 12.4. The zero-order valence-electron chi connectivity index (χ0n) is 15.9. The van der Waals surface area contributed by atoms with Crippen LogP contribution < -0.4 is 0 Å². The number of hydrogen-bond donors (Lipinski definition) is 1. The molecule has 2 heterocycles. The van der Waals surface area contributed by atoms with E-state index in [1.807, 2.05) is 19.2 Å². The smallest absolute Gasteiger partial charge is 0.150 e. The molecule has 0 fully saturated rings. The summed E-state index contributed by atoms with van der Waals surface area (Å²) in [5, 5.41) is 2.02. The lowest BCUT2D eigenvalue weighted by Gasteiger charge is -2.10. The molecular weight excluding hydrogens is 468 g/mol. The van der Waals surface area contributed by atoms with Gasteiger partial charge in [-0.1, -0.05) is 51.8 Å². The number of aromatic amines is 1. The van der Waals surface area contributed by atoms with E-state index >= 15 is 0 Å². The van der Waals surface area contributed by atoms with Crippen molar-refractivity contribution in [2.45, 2.75) is 44.4 Å². The summed E-state index contributed by atoms with van der Waals surface area (Å²) in [4.78, 5) is 20.2. The predicted molar refractivity (Wildman–Crippen MR) is 120 cm³/mol. The van der Waals surface area contributed by atoms with Crippen LogP contribution in [-0.4, -0.2) is 25.9 Å². The van der Waals surface area contributed by atoms with Gasteiger partial charge in [0.25, 0.3) is 0 Å². The Morgan fingerprint density at radius 3 is 2.67 bits per heavy atom. The highest BCUT2D eigenvalue weighted by Gasteiger charge is 2.19. The van der Waals surface area contributed by atoms with Gasteiger partial charge < -0.3 is 4.98 Å². The van der Waals surface area contributed by atoms with Crippen LogP contribution in [0.4, 0.5) is 0 Å². The number of nitrogens with zero attached hydrogens (tertiary/aromatic N) is 1. The minimum atomic E-state index is -0.0984. The van der Waals surface area contributed by atoms with E-state index in [1.165, 1.54) is 10.9 Å². The van der Waals surface area contributed by atoms with Crippen LogP contribution in [0.5, 0.6) is 0 Å². The monoisotopic (exact) mass is 490 g/mol. The lowest BCUT2D eigenvalue weighted by Crippen LogP contribution is -2.16. The molecule has 0 amide bonds. The fraction of sp³-hybridized carbons (Fsp3) is 0.364. The molecule has 3 aromatic rings. The summed E-state index contributed by atoms with van der Waals surface area (Å²) in [7, 11) is 0. The predicted octanol–water partition coefficient (Wildman–Crippen LogP) is 6.32. The summed E-state index contributed by atoms with van der Waals surface area (Å²) < 4.78 is 0. The molecule has 1 aromatic carbocycles. The normalized spacial score (nSPS) is 12.7. The molecule has 1 unspecified atom stereocenters. The van der Waals surface area contributed by atoms with Crippen LogP contribution >= 0.6 is 31.9 Å². The van der Waals surface area contributed by atoms with E-state index in [1.54, 1.807) is 0 Å². The highest BCUT2D eigenvalue weighted by Crippen LogP contribution is 2.36. The van der Waals surface area contributed by atoms with Gasteiger partial charge >= 0.3 is 0 Å². The van der Waals surface area contributed by atoms with Crippen molar-refractivity contribution in [3.8, 4) is 11.3 Å². The molecule has 2 aromatic heterocycles. The Kier molecular flexibility index (Phi) is 6.53. The molecule has 0 aliphatic carbocycles. The Morgan fingerprint density at radius 1 is 1.22 bits per heavy atom. The summed E-state index contributed by atoms with van der Waals surface area (Å²) in [6.45, 7) is 6.43. The molecule has 142 valence electrons. The first-order chi connectivity index (χ1) is 12.9. The molecule has 0 aliphatic heterocycles. The molecule has 3 rings (SSSR count). The number of nitrogens with one attached hydrogen (secondary N) is 1. The zero-order chi connectivity index (χ0) is 19.6. The molecule has 0 aliphatic rings. The first kappa shape index (κ1) is 20.3. The van der Waals surface area contributed by atoms with Gasteiger partial charge in [0.15, 0.2) is 5.78 Å². The number of hydrogen-bond acceptors (Lipinski definition) is 2. The van der Waals surface area contributed by atoms with Crippen molar-refractivity contribution in [1.82, 2.24) is 9.97 Å². The second-order valence-electron chi connectivity index (χ2n) is 7.22. The number of pyridine rings is 1. The van der Waals surface area contributed by atoms with E-state index < -0.39 is 0 Å². The van der Waals surface area contributed by atoms with Crippen LogP contribution in [0.25, 0.3) is 22.2 Å². The number of carbonyl (C=O) groups excluding carboxylic acids is 1. The minimum Gasteiger partial charge on any atom is -0.354 e. The molecule has 5 heteroatoms. The van der Waals surface area contributed by atoms with Gasteiger partial charge in [-0.3, -0.25) is 9.78 Å². The standard InChI is InChI=1S/C22H24Br2N2O/c1-13(2)21-17-11-15(12-20(27)18(24)6-8-23)4-5-19(17)26-22(21)16-7-9-25-14(3)10-16/h4-5,7,9-11,13,18,26H,6,8,12H2,1-3H3. The van der Waals surface area contributed by atoms with Gasteiger partial charge in [0.1, 0.15) is 0 Å². The number of benzene rings is 1. The number of rotatable bonds is 7. The molecule has 0 bridgehead atoms. The number of aromatic nitrogens is 2. The number of Topliss-reactive ketones (excluding diaryl/α,β-unsaturated/α-hetero) is 1. The summed E-state index contributed by atoms with van der Waals surface area (Å²) in [5.41, 5.74) is 6.76. The van der Waals surface area contributed by atoms with Gasteiger partial charge in [0, 0.05) is 40.1 Å². The van der Waals surface area contributed by atoms with E-state index in [-0.39, 0.29) is 10.6 Å². The van der Waals surface area contributed by atoms with Crippen LogP contribution in [0.2, 0.25) is 0 Å². The fourth-order valence-corrected chi connectivity index (χ4v) is 4.93. The Hall–Kier alpha value is -1.46. The number of fused-ring (bicyclic) bond motifs is 1. The molecule has 0 saturated heterocycles. The van der Waals surface area contributed by atoms with Gasteiger partial charge in [0.05, 0.1) is 10.5 Å². The van der Waals surface area contributed by atoms with Gasteiger partial charge in [0.2, 0.25) is 0 Å². The van der Waals surface area contributed by atoms with E-state index in [2.05, 4.69) is 79.9 Å². The molecule has 3 nitrogen and oxygen atoms in total. The highest BCUT2D eigenvalue weighted by atomic mass is 79.9. The number of halogens is 2. The topological polar surface area (TPSA) is 45.8 Å². The van der Waals surface area contributed by atoms with Gasteiger partial charge in [-0.25, -0.2) is 0 Å². The minimum absolute atomic E-state index is 0.0984. The van der Waals surface area contributed by atoms with Gasteiger partial charge in [-0.05, 0) is 54.7 Å². The van der Waals surface area contributed by atoms with Crippen LogP contribution in [0.3, 0.4) is 0 Å². The summed E-state index contributed by atoms with van der Waals surface area (Å²) in [6, 6.07) is 10.5. The Balaban J connectivity index is 2.03. The molecule has 1 atom stereocenters. The largest absolute Gasteiger partial charge is 0.354 e. The molecule has 1 N–H and O–H groups in total. The third-order valence-electron chi connectivity index (χ3n) is 4.76. The molecule has 27 heavy (non-hydrogen) atoms. The maximum Gasteiger partial charge on any atom is 0.150 e. The van der Waals surface area contributed by atoms with Crippen molar-refractivity contribution in [2.24, 2.45) is 0 Å². The van der Waals surface area contributed by atoms with Crippen molar-refractivity contribution in [2.75, 3.05) is 5.33 Å². The Labute approximate surface area is 177 Å². The Bertz CT molecular complexity index is 962. The molecular formula is C22H24Br2N2O. The number of carbonyl (C=O) groups is 1. The Morgan fingerprint density at radius 2 is 2.00 bits per heavy atom. The van der Waals surface area contributed by atoms with Gasteiger partial charge in [-0.15, -0.1) is 0 Å². The van der Waals surface area contributed by atoms with E-state index in [0.717, 1.165) is 39.8 Å². The number of aryl methyl sites for hydroxylation is 1. The first-order valence-corrected chi connectivity index (χ1v) is 11.2. The number of alkyl halides is 2. The summed E-state index contributed by atoms with van der Waals surface area (Å²) in [6.07, 6.45) is 3.10. The van der Waals surface area contributed by atoms with Crippen molar-refractivity contribution in [3.63, 3.8) is 0 Å². The SMILES string of the molecule is Cc1cc(-c2[nH]c3ccc(CC(=O)C(Br)CCBr)cc3c2C(C)C)ccn1. The average Bonchev–Trinajstić information content (AvgIpc) is 3.01. The van der Waals surface area contributed by atoms with Crippen LogP contribution in [0.1, 0.15) is 43.0 Å². The van der Waals surface area contributed by atoms with Gasteiger partial charge in [-0.2, -0.15) is 0 Å². The van der Waals surface area contributed by atoms with E-state index in [0.29, 0.717) is 12.3 Å². The fourth-order valence-electron chi connectivity index (χ4n) is 3.47. The highest BCUT2D eigenvalue weighted by molar-refractivity contribution is 9.10. The lowest BCUT2D eigenvalue weighted by molar-refractivity contribution is -0.117. The van der Waals surface area contributed by atoms with Crippen LogP contribution in [0.15, 0.2) is 36.5 Å². The van der Waals surface area contributed by atoms with Crippen LogP contribution in [-0.2, 0) is 11.2 Å². The second kappa shape index (κ2) is 8.70. The lowest BCUT2D eigenvalue weighted by atomic mass is 9.94. The maximum absolute atomic E-state index is 12.4. The quantitative estimate of drug-likeness (QED) is 0.393. The average molecular weight is 492 g/mol. The molecule has 0 spiro atoms. The van der Waals surface area contributed by atoms with E-state index in [4.69, 9.17) is 0 Å². The number of ketones is 1. The van der Waals surface area contributed by atoms with Crippen molar-refractivity contribution >= 4 is 48.5 Å². The third-order valence-corrected chi connectivity index (χ3v) is 6.18. The summed E-state index contributed by atoms with van der Waals surface area (Å²) >= 11 is 6.90. The van der Waals surface area contributed by atoms with E-state index in [9.17, 15) is 4.79 Å². The van der Waals surface area contributed by atoms with Crippen molar-refractivity contribution in [3.05, 3.63) is 53.3 Å². The molecule has 0 radical (unpaired) electrons. The third kappa shape index (κ3) is 4.52. The second-order valence-corrected chi connectivity index (χ2v) is 9.12. The zero-order valence-corrected chi connectivity index (χ0v) is 19.0.